The summed E-state index contributed by atoms with van der Waals surface area (Å²) in [6.45, 7) is 3.66. The summed E-state index contributed by atoms with van der Waals surface area (Å²) in [7, 11) is 1.44. The normalized spacial score (nSPS) is 13.5. The van der Waals surface area contributed by atoms with Crippen LogP contribution >= 0.6 is 0 Å². The zero-order valence-electron chi connectivity index (χ0n) is 7.03. The minimum atomic E-state index is -0.986. The summed E-state index contributed by atoms with van der Waals surface area (Å²) >= 11 is 0. The lowest BCUT2D eigenvalue weighted by atomic mass is 10.3. The molecule has 0 aromatic heterocycles. The molecule has 0 saturated heterocycles. The monoisotopic (exact) mass is 162 g/mol. The molecule has 0 aliphatic heterocycles. The summed E-state index contributed by atoms with van der Waals surface area (Å²) in [5.41, 5.74) is 0. The molecule has 66 valence electrons. The van der Waals surface area contributed by atoms with E-state index in [0.717, 1.165) is 0 Å². The summed E-state index contributed by atoms with van der Waals surface area (Å²) in [4.78, 5) is 10.4. The van der Waals surface area contributed by atoms with Gasteiger partial charge in [0.05, 0.1) is 12.7 Å². The van der Waals surface area contributed by atoms with Crippen molar-refractivity contribution in [2.75, 3.05) is 13.7 Å². The fourth-order valence-electron chi connectivity index (χ4n) is 0.649. The quantitative estimate of drug-likeness (QED) is 0.640. The van der Waals surface area contributed by atoms with E-state index in [9.17, 15) is 4.79 Å². The lowest BCUT2D eigenvalue weighted by molar-refractivity contribution is -0.157. The van der Waals surface area contributed by atoms with Gasteiger partial charge >= 0.3 is 5.97 Å². The summed E-state index contributed by atoms with van der Waals surface area (Å²) < 4.78 is 9.69. The molecule has 0 aliphatic rings. The van der Waals surface area contributed by atoms with Gasteiger partial charge in [-0.1, -0.05) is 0 Å². The minimum absolute atomic E-state index is 0.0908. The van der Waals surface area contributed by atoms with Crippen molar-refractivity contribution in [3.8, 4) is 0 Å². The Hall–Kier alpha value is -0.610. The largest absolute Gasteiger partial charge is 0.479 e. The molecule has 0 bridgehead atoms. The fourth-order valence-corrected chi connectivity index (χ4v) is 0.649. The Morgan fingerprint density at radius 3 is 2.36 bits per heavy atom. The van der Waals surface area contributed by atoms with Crippen LogP contribution in [0.2, 0.25) is 0 Å². The minimum Gasteiger partial charge on any atom is -0.479 e. The topological polar surface area (TPSA) is 55.8 Å². The Morgan fingerprint density at radius 2 is 2.09 bits per heavy atom. The average Bonchev–Trinajstić information content (AvgIpc) is 1.86. The first kappa shape index (κ1) is 10.4. The van der Waals surface area contributed by atoms with Crippen molar-refractivity contribution in [3.63, 3.8) is 0 Å². The van der Waals surface area contributed by atoms with Gasteiger partial charge in [-0.2, -0.15) is 0 Å². The van der Waals surface area contributed by atoms with Crippen molar-refractivity contribution in [1.29, 1.82) is 0 Å². The van der Waals surface area contributed by atoms with Crippen molar-refractivity contribution in [2.45, 2.75) is 26.1 Å². The van der Waals surface area contributed by atoms with E-state index in [4.69, 9.17) is 9.84 Å². The second-order valence-corrected chi connectivity index (χ2v) is 2.47. The van der Waals surface area contributed by atoms with E-state index < -0.39 is 12.1 Å². The number of carboxylic acids is 1. The van der Waals surface area contributed by atoms with Gasteiger partial charge in [0.25, 0.3) is 0 Å². The molecular formula is C7H14O4. The number of carbonyl (C=O) groups is 1. The fraction of sp³-hybridized carbons (Fsp3) is 0.857. The van der Waals surface area contributed by atoms with Gasteiger partial charge in [-0.3, -0.25) is 0 Å². The Morgan fingerprint density at radius 1 is 1.55 bits per heavy atom. The number of hydrogen-bond acceptors (Lipinski definition) is 3. The van der Waals surface area contributed by atoms with Gasteiger partial charge in [-0.05, 0) is 13.8 Å². The molecule has 0 amide bonds. The van der Waals surface area contributed by atoms with Gasteiger partial charge < -0.3 is 14.6 Å². The van der Waals surface area contributed by atoms with Gasteiger partial charge in [0, 0.05) is 7.11 Å². The third-order valence-electron chi connectivity index (χ3n) is 1.03. The van der Waals surface area contributed by atoms with Crippen LogP contribution in [0.15, 0.2) is 0 Å². The van der Waals surface area contributed by atoms with E-state index in [2.05, 4.69) is 4.74 Å². The summed E-state index contributed by atoms with van der Waals surface area (Å²) in [6.07, 6.45) is -0.939. The van der Waals surface area contributed by atoms with Crippen LogP contribution < -0.4 is 0 Å². The number of rotatable bonds is 5. The summed E-state index contributed by atoms with van der Waals surface area (Å²) in [5.74, 6) is -0.986. The molecule has 1 N–H and O–H groups in total. The highest BCUT2D eigenvalue weighted by Crippen LogP contribution is 1.98. The Bertz CT molecular complexity index is 122. The molecular weight excluding hydrogens is 148 g/mol. The molecule has 4 heteroatoms. The van der Waals surface area contributed by atoms with Crippen molar-refractivity contribution in [3.05, 3.63) is 0 Å². The first-order valence-corrected chi connectivity index (χ1v) is 3.45. The maximum atomic E-state index is 10.4. The Kier molecular flexibility index (Phi) is 4.81. The maximum absolute atomic E-state index is 10.4. The molecule has 0 aliphatic carbocycles. The highest BCUT2D eigenvalue weighted by Gasteiger charge is 2.18. The van der Waals surface area contributed by atoms with Crippen LogP contribution in [0.5, 0.6) is 0 Å². The number of ether oxygens (including phenoxy) is 2. The number of hydrogen-bond donors (Lipinski definition) is 1. The van der Waals surface area contributed by atoms with Gasteiger partial charge in [-0.15, -0.1) is 0 Å². The molecule has 0 heterocycles. The number of methoxy groups -OCH3 is 1. The van der Waals surface area contributed by atoms with E-state index in [1.165, 1.54) is 7.11 Å². The third kappa shape index (κ3) is 4.75. The molecule has 0 radical (unpaired) electrons. The second-order valence-electron chi connectivity index (χ2n) is 2.47. The van der Waals surface area contributed by atoms with Crippen LogP contribution in [-0.4, -0.2) is 37.0 Å². The highest BCUT2D eigenvalue weighted by atomic mass is 16.6. The van der Waals surface area contributed by atoms with Gasteiger partial charge in [0.1, 0.15) is 0 Å². The molecule has 0 aromatic rings. The predicted molar refractivity (Wildman–Crippen MR) is 39.5 cm³/mol. The molecule has 4 nitrogen and oxygen atoms in total. The first-order valence-electron chi connectivity index (χ1n) is 3.45. The summed E-state index contributed by atoms with van der Waals surface area (Å²) in [5, 5.41) is 8.55. The standard InChI is InChI=1S/C7H14O4/c1-5(2)11-6(4-10-3)7(8)9/h5-6H,4H2,1-3H3,(H,8,9). The second kappa shape index (κ2) is 5.09. The Balaban J connectivity index is 3.79. The lowest BCUT2D eigenvalue weighted by Gasteiger charge is -2.14. The van der Waals surface area contributed by atoms with Gasteiger partial charge in [0.2, 0.25) is 0 Å². The van der Waals surface area contributed by atoms with Crippen molar-refractivity contribution >= 4 is 5.97 Å². The average molecular weight is 162 g/mol. The van der Waals surface area contributed by atoms with Crippen LogP contribution in [0.1, 0.15) is 13.8 Å². The van der Waals surface area contributed by atoms with Crippen molar-refractivity contribution < 1.29 is 19.4 Å². The van der Waals surface area contributed by atoms with E-state index >= 15 is 0 Å². The van der Waals surface area contributed by atoms with Crippen LogP contribution in [0.25, 0.3) is 0 Å². The SMILES string of the molecule is COCC(OC(C)C)C(=O)O. The molecule has 0 fully saturated rings. The molecule has 1 unspecified atom stereocenters. The Labute approximate surface area is 66.1 Å². The third-order valence-corrected chi connectivity index (χ3v) is 1.03. The molecule has 0 rings (SSSR count). The first-order chi connectivity index (χ1) is 5.07. The van der Waals surface area contributed by atoms with Crippen molar-refractivity contribution in [2.24, 2.45) is 0 Å². The van der Waals surface area contributed by atoms with Crippen LogP contribution in [0.3, 0.4) is 0 Å². The van der Waals surface area contributed by atoms with Crippen molar-refractivity contribution in [1.82, 2.24) is 0 Å². The highest BCUT2D eigenvalue weighted by molar-refractivity contribution is 5.72. The lowest BCUT2D eigenvalue weighted by Crippen LogP contribution is -2.31. The summed E-state index contributed by atoms with van der Waals surface area (Å²) in [6, 6.07) is 0. The van der Waals surface area contributed by atoms with Gasteiger partial charge in [0.15, 0.2) is 6.10 Å². The van der Waals surface area contributed by atoms with Gasteiger partial charge in [-0.25, -0.2) is 4.79 Å². The zero-order valence-corrected chi connectivity index (χ0v) is 7.03. The zero-order chi connectivity index (χ0) is 8.85. The van der Waals surface area contributed by atoms with Crippen LogP contribution in [0, 0.1) is 0 Å². The molecule has 1 atom stereocenters. The van der Waals surface area contributed by atoms with Crippen LogP contribution in [0.4, 0.5) is 0 Å². The van der Waals surface area contributed by atoms with E-state index in [-0.39, 0.29) is 12.7 Å². The number of aliphatic carboxylic acids is 1. The smallest absolute Gasteiger partial charge is 0.335 e. The van der Waals surface area contributed by atoms with E-state index in [0.29, 0.717) is 0 Å². The molecule has 0 spiro atoms. The van der Waals surface area contributed by atoms with E-state index in [1.807, 2.05) is 0 Å². The van der Waals surface area contributed by atoms with E-state index in [1.54, 1.807) is 13.8 Å². The molecule has 11 heavy (non-hydrogen) atoms. The van der Waals surface area contributed by atoms with Crippen LogP contribution in [-0.2, 0) is 14.3 Å². The number of carboxylic acid groups (broad SMARTS) is 1. The molecule has 0 aromatic carbocycles. The molecule has 0 saturated carbocycles. The predicted octanol–water partition coefficient (Wildman–Crippen LogP) is 0.511. The maximum Gasteiger partial charge on any atom is 0.335 e.